The zero-order valence-electron chi connectivity index (χ0n) is 11.4. The molecule has 106 valence electrons. The van der Waals surface area contributed by atoms with Crippen LogP contribution in [-0.4, -0.2) is 41.0 Å². The third-order valence-electron chi connectivity index (χ3n) is 3.43. The van der Waals surface area contributed by atoms with Gasteiger partial charge in [0, 0.05) is 30.2 Å². The van der Waals surface area contributed by atoms with Crippen LogP contribution in [-0.2, 0) is 13.6 Å². The summed E-state index contributed by atoms with van der Waals surface area (Å²) in [4.78, 5) is 0. The van der Waals surface area contributed by atoms with E-state index in [2.05, 4.69) is 20.8 Å². The quantitative estimate of drug-likeness (QED) is 0.581. The van der Waals surface area contributed by atoms with Crippen LogP contribution in [0.1, 0.15) is 33.6 Å². The average molecular weight is 311 g/mol. The molecule has 0 aromatic heterocycles. The van der Waals surface area contributed by atoms with E-state index in [1.54, 1.807) is 21.6 Å². The fourth-order valence-electron chi connectivity index (χ4n) is 2.39. The Balaban J connectivity index is 2.12. The van der Waals surface area contributed by atoms with Gasteiger partial charge < -0.3 is 0 Å². The van der Waals surface area contributed by atoms with Crippen LogP contribution >= 0.6 is 29.3 Å². The molecule has 0 N–H and O–H groups in total. The molecular weight excluding hydrogens is 289 g/mol. The van der Waals surface area contributed by atoms with Crippen molar-refractivity contribution in [2.24, 2.45) is 0 Å². The van der Waals surface area contributed by atoms with Crippen LogP contribution in [0.15, 0.2) is 0 Å². The van der Waals surface area contributed by atoms with Crippen molar-refractivity contribution >= 4 is 29.3 Å². The van der Waals surface area contributed by atoms with Gasteiger partial charge in [-0.1, -0.05) is 21.6 Å². The predicted molar refractivity (Wildman–Crippen MR) is 79.0 cm³/mol. The fourth-order valence-corrected chi connectivity index (χ4v) is 7.62. The minimum Gasteiger partial charge on any atom is -0.300 e. The van der Waals surface area contributed by atoms with Crippen molar-refractivity contribution in [2.75, 3.05) is 20.2 Å². The second-order valence-electron chi connectivity index (χ2n) is 5.33. The number of nitrogens with zero attached hydrogens (tertiary/aromatic N) is 1. The van der Waals surface area contributed by atoms with Gasteiger partial charge in [-0.2, -0.15) is 0 Å². The standard InChI is InChI=1S/C11H22NO3PS2/c1-9-10(11(2,3)18-17-9)15-16(13,14-4)12-7-5-6-8-12/h9-10H,5-8H2,1-4H3/t9-,10+,16?/m0/s1. The van der Waals surface area contributed by atoms with Gasteiger partial charge in [0.15, 0.2) is 0 Å². The Morgan fingerprint density at radius 3 is 2.39 bits per heavy atom. The number of hydrogen-bond donors (Lipinski definition) is 0. The van der Waals surface area contributed by atoms with Gasteiger partial charge in [0.2, 0.25) is 0 Å². The molecule has 2 aliphatic rings. The van der Waals surface area contributed by atoms with Crippen molar-refractivity contribution in [2.45, 2.75) is 49.7 Å². The Morgan fingerprint density at radius 2 is 1.94 bits per heavy atom. The molecule has 18 heavy (non-hydrogen) atoms. The van der Waals surface area contributed by atoms with E-state index >= 15 is 0 Å². The summed E-state index contributed by atoms with van der Waals surface area (Å²) in [6.45, 7) is 8.03. The molecule has 1 unspecified atom stereocenters. The molecule has 0 aromatic rings. The Kier molecular flexibility index (Phi) is 4.78. The van der Waals surface area contributed by atoms with Gasteiger partial charge in [-0.15, -0.1) is 0 Å². The highest BCUT2D eigenvalue weighted by Gasteiger charge is 2.48. The van der Waals surface area contributed by atoms with Crippen molar-refractivity contribution < 1.29 is 13.6 Å². The van der Waals surface area contributed by atoms with Crippen LogP contribution in [0.4, 0.5) is 0 Å². The summed E-state index contributed by atoms with van der Waals surface area (Å²) in [5.41, 5.74) is 0. The maximum Gasteiger partial charge on any atom is 0.408 e. The molecule has 0 saturated carbocycles. The molecule has 2 heterocycles. The smallest absolute Gasteiger partial charge is 0.300 e. The van der Waals surface area contributed by atoms with E-state index in [-0.39, 0.29) is 10.9 Å². The molecule has 2 aliphatic heterocycles. The lowest BCUT2D eigenvalue weighted by Gasteiger charge is -2.33. The van der Waals surface area contributed by atoms with Crippen molar-refractivity contribution in [3.05, 3.63) is 0 Å². The Bertz CT molecular complexity index is 347. The van der Waals surface area contributed by atoms with Gasteiger partial charge >= 0.3 is 7.75 Å². The highest BCUT2D eigenvalue weighted by atomic mass is 33.1. The zero-order chi connectivity index (χ0) is 13.4. The van der Waals surface area contributed by atoms with E-state index in [9.17, 15) is 4.57 Å². The molecule has 0 radical (unpaired) electrons. The van der Waals surface area contributed by atoms with E-state index in [0.29, 0.717) is 5.25 Å². The second-order valence-corrected chi connectivity index (χ2v) is 10.6. The first-order valence-corrected chi connectivity index (χ1v) is 10.0. The number of hydrogen-bond acceptors (Lipinski definition) is 5. The zero-order valence-corrected chi connectivity index (χ0v) is 13.9. The summed E-state index contributed by atoms with van der Waals surface area (Å²) in [6, 6.07) is 0. The lowest BCUT2D eigenvalue weighted by atomic mass is 10.0. The summed E-state index contributed by atoms with van der Waals surface area (Å²) in [7, 11) is 1.99. The first-order chi connectivity index (χ1) is 8.39. The molecule has 3 atom stereocenters. The van der Waals surface area contributed by atoms with Gasteiger partial charge in [-0.05, 0) is 33.6 Å². The lowest BCUT2D eigenvalue weighted by molar-refractivity contribution is 0.114. The van der Waals surface area contributed by atoms with Crippen LogP contribution in [0.5, 0.6) is 0 Å². The molecular formula is C11H22NO3PS2. The minimum atomic E-state index is -3.11. The van der Waals surface area contributed by atoms with Crippen molar-refractivity contribution in [3.63, 3.8) is 0 Å². The van der Waals surface area contributed by atoms with E-state index in [1.807, 2.05) is 4.67 Å². The molecule has 0 aromatic carbocycles. The maximum atomic E-state index is 12.8. The molecule has 7 heteroatoms. The average Bonchev–Trinajstić information content (AvgIpc) is 2.93. The number of rotatable bonds is 4. The fraction of sp³-hybridized carbons (Fsp3) is 1.00. The highest BCUT2D eigenvalue weighted by molar-refractivity contribution is 8.77. The lowest BCUT2D eigenvalue weighted by Crippen LogP contribution is -2.37. The summed E-state index contributed by atoms with van der Waals surface area (Å²) >= 11 is 0. The van der Waals surface area contributed by atoms with Crippen LogP contribution in [0.2, 0.25) is 0 Å². The predicted octanol–water partition coefficient (Wildman–Crippen LogP) is 3.78. The van der Waals surface area contributed by atoms with Crippen LogP contribution in [0, 0.1) is 0 Å². The first-order valence-electron chi connectivity index (χ1n) is 6.33. The van der Waals surface area contributed by atoms with Crippen molar-refractivity contribution in [3.8, 4) is 0 Å². The highest BCUT2D eigenvalue weighted by Crippen LogP contribution is 2.60. The molecule has 2 fully saturated rings. The van der Waals surface area contributed by atoms with Gasteiger partial charge in [-0.3, -0.25) is 9.05 Å². The summed E-state index contributed by atoms with van der Waals surface area (Å²) < 4.78 is 25.9. The van der Waals surface area contributed by atoms with Crippen LogP contribution < -0.4 is 0 Å². The van der Waals surface area contributed by atoms with Crippen LogP contribution in [0.3, 0.4) is 0 Å². The van der Waals surface area contributed by atoms with Gasteiger partial charge in [0.05, 0.1) is 6.10 Å². The van der Waals surface area contributed by atoms with Crippen molar-refractivity contribution in [1.29, 1.82) is 0 Å². The SMILES string of the molecule is COP(=O)(O[C@@H]1[C@H](C)SSC1(C)C)N1CCCC1. The minimum absolute atomic E-state index is 0.0298. The van der Waals surface area contributed by atoms with E-state index in [1.165, 1.54) is 7.11 Å². The largest absolute Gasteiger partial charge is 0.408 e. The van der Waals surface area contributed by atoms with E-state index in [0.717, 1.165) is 25.9 Å². The molecule has 2 saturated heterocycles. The molecule has 0 bridgehead atoms. The third kappa shape index (κ3) is 2.94. The summed E-state index contributed by atoms with van der Waals surface area (Å²) in [6.07, 6.45) is 2.10. The first kappa shape index (κ1) is 15.2. The molecule has 0 spiro atoms. The van der Waals surface area contributed by atoms with E-state index in [4.69, 9.17) is 9.05 Å². The molecule has 0 amide bonds. The maximum absolute atomic E-state index is 12.8. The van der Waals surface area contributed by atoms with Crippen molar-refractivity contribution in [1.82, 2.24) is 4.67 Å². The Hall–Kier alpha value is 0.810. The normalized spacial score (nSPS) is 35.8. The van der Waals surface area contributed by atoms with Gasteiger partial charge in [0.1, 0.15) is 0 Å². The summed E-state index contributed by atoms with van der Waals surface area (Å²) in [5, 5.41) is 0.330. The molecule has 4 nitrogen and oxygen atoms in total. The Morgan fingerprint density at radius 1 is 1.33 bits per heavy atom. The van der Waals surface area contributed by atoms with Gasteiger partial charge in [0.25, 0.3) is 0 Å². The third-order valence-corrected chi connectivity index (χ3v) is 9.28. The van der Waals surface area contributed by atoms with Gasteiger partial charge in [-0.25, -0.2) is 9.24 Å². The summed E-state index contributed by atoms with van der Waals surface area (Å²) in [5.74, 6) is 0. The Labute approximate surface area is 118 Å². The topological polar surface area (TPSA) is 38.8 Å². The van der Waals surface area contributed by atoms with E-state index < -0.39 is 7.75 Å². The van der Waals surface area contributed by atoms with Crippen LogP contribution in [0.25, 0.3) is 0 Å². The molecule has 0 aliphatic carbocycles. The second kappa shape index (κ2) is 5.66. The molecule has 2 rings (SSSR count). The monoisotopic (exact) mass is 311 g/mol.